The molecule has 0 radical (unpaired) electrons. The molecule has 0 aliphatic heterocycles. The molecule has 0 aromatic carbocycles. The third-order valence-electron chi connectivity index (χ3n) is 2.29. The molecule has 0 aromatic rings. The van der Waals surface area contributed by atoms with Crippen LogP contribution in [0.2, 0.25) is 0 Å². The van der Waals surface area contributed by atoms with Gasteiger partial charge in [-0.3, -0.25) is 0 Å². The first-order valence-electron chi connectivity index (χ1n) is 4.52. The fraction of sp³-hybridized carbons (Fsp3) is 0.800. The minimum absolute atomic E-state index is 0.500. The maximum absolute atomic E-state index is 5.18. The predicted molar refractivity (Wildman–Crippen MR) is 49.9 cm³/mol. The molecule has 2 heteroatoms. The van der Waals surface area contributed by atoms with Gasteiger partial charge in [0.05, 0.1) is 6.10 Å². The van der Waals surface area contributed by atoms with Crippen LogP contribution in [0.25, 0.3) is 0 Å². The molecular weight excluding hydrogens is 150 g/mol. The lowest BCUT2D eigenvalue weighted by Gasteiger charge is -2.34. The molecule has 0 heterocycles. The molecule has 1 aliphatic carbocycles. The van der Waals surface area contributed by atoms with Gasteiger partial charge >= 0.3 is 0 Å². The Kier molecular flexibility index (Phi) is 4.13. The first kappa shape index (κ1) is 9.57. The second kappa shape index (κ2) is 5.18. The number of methoxy groups -OCH3 is 1. The Bertz CT molecular complexity index is 174. The van der Waals surface area contributed by atoms with E-state index < -0.39 is 0 Å². The van der Waals surface area contributed by atoms with Gasteiger partial charge in [-0.2, -0.15) is 0 Å². The van der Waals surface area contributed by atoms with Crippen molar-refractivity contribution in [3.05, 3.63) is 0 Å². The molecule has 1 rings (SSSR count). The molecule has 68 valence electrons. The molecule has 0 unspecified atom stereocenters. The highest BCUT2D eigenvalue weighted by molar-refractivity contribution is 4.96. The van der Waals surface area contributed by atoms with Gasteiger partial charge in [0.15, 0.2) is 0 Å². The SMILES string of the molecule is CC#CCCNC1CC(OC)C1. The number of hydrogen-bond acceptors (Lipinski definition) is 2. The standard InChI is InChI=1S/C10H17NO/c1-3-4-5-6-11-9-7-10(8-9)12-2/h9-11H,5-8H2,1-2H3. The van der Waals surface area contributed by atoms with E-state index in [2.05, 4.69) is 17.2 Å². The molecule has 0 bridgehead atoms. The van der Waals surface area contributed by atoms with Gasteiger partial charge in [0, 0.05) is 26.1 Å². The van der Waals surface area contributed by atoms with Crippen molar-refractivity contribution in [1.82, 2.24) is 5.32 Å². The molecule has 0 atom stereocenters. The van der Waals surface area contributed by atoms with Gasteiger partial charge in [-0.25, -0.2) is 0 Å². The largest absolute Gasteiger partial charge is 0.381 e. The summed E-state index contributed by atoms with van der Waals surface area (Å²) in [4.78, 5) is 0. The first-order chi connectivity index (χ1) is 5.86. The van der Waals surface area contributed by atoms with Gasteiger partial charge in [-0.05, 0) is 19.8 Å². The Morgan fingerprint density at radius 3 is 2.83 bits per heavy atom. The lowest BCUT2D eigenvalue weighted by atomic mass is 9.89. The van der Waals surface area contributed by atoms with Gasteiger partial charge in [0.2, 0.25) is 0 Å². The lowest BCUT2D eigenvalue weighted by molar-refractivity contribution is 0.0178. The van der Waals surface area contributed by atoms with Crippen molar-refractivity contribution in [2.45, 2.75) is 38.3 Å². The normalized spacial score (nSPS) is 27.2. The van der Waals surface area contributed by atoms with Crippen LogP contribution in [0, 0.1) is 11.8 Å². The van der Waals surface area contributed by atoms with Crippen molar-refractivity contribution in [3.8, 4) is 11.8 Å². The highest BCUT2D eigenvalue weighted by Crippen LogP contribution is 2.22. The summed E-state index contributed by atoms with van der Waals surface area (Å²) in [5, 5.41) is 3.44. The second-order valence-electron chi connectivity index (χ2n) is 3.16. The van der Waals surface area contributed by atoms with E-state index in [1.807, 2.05) is 6.92 Å². The molecular formula is C10H17NO. The van der Waals surface area contributed by atoms with Crippen LogP contribution in [0.1, 0.15) is 26.2 Å². The zero-order chi connectivity index (χ0) is 8.81. The molecule has 1 saturated carbocycles. The van der Waals surface area contributed by atoms with E-state index in [1.54, 1.807) is 7.11 Å². The van der Waals surface area contributed by atoms with Crippen molar-refractivity contribution >= 4 is 0 Å². The van der Waals surface area contributed by atoms with Crippen LogP contribution in [0.5, 0.6) is 0 Å². The summed E-state index contributed by atoms with van der Waals surface area (Å²) in [7, 11) is 1.78. The van der Waals surface area contributed by atoms with E-state index in [0.29, 0.717) is 12.1 Å². The van der Waals surface area contributed by atoms with Crippen molar-refractivity contribution < 1.29 is 4.74 Å². The third-order valence-corrected chi connectivity index (χ3v) is 2.29. The Hall–Kier alpha value is -0.520. The number of hydrogen-bond donors (Lipinski definition) is 1. The van der Waals surface area contributed by atoms with E-state index in [-0.39, 0.29) is 0 Å². The van der Waals surface area contributed by atoms with Gasteiger partial charge in [0.25, 0.3) is 0 Å². The fourth-order valence-electron chi connectivity index (χ4n) is 1.39. The zero-order valence-electron chi connectivity index (χ0n) is 7.89. The van der Waals surface area contributed by atoms with Crippen molar-refractivity contribution in [1.29, 1.82) is 0 Å². The highest BCUT2D eigenvalue weighted by atomic mass is 16.5. The monoisotopic (exact) mass is 167 g/mol. The molecule has 1 N–H and O–H groups in total. The molecule has 0 saturated heterocycles. The Labute approximate surface area is 74.7 Å². The van der Waals surface area contributed by atoms with Crippen LogP contribution in [-0.4, -0.2) is 25.8 Å². The number of nitrogens with one attached hydrogen (secondary N) is 1. The maximum atomic E-state index is 5.18. The Balaban J connectivity index is 1.92. The Morgan fingerprint density at radius 1 is 1.50 bits per heavy atom. The van der Waals surface area contributed by atoms with Crippen LogP contribution < -0.4 is 5.32 Å². The van der Waals surface area contributed by atoms with Crippen LogP contribution in [-0.2, 0) is 4.74 Å². The van der Waals surface area contributed by atoms with Crippen LogP contribution in [0.15, 0.2) is 0 Å². The van der Waals surface area contributed by atoms with E-state index in [4.69, 9.17) is 4.74 Å². The van der Waals surface area contributed by atoms with E-state index in [9.17, 15) is 0 Å². The smallest absolute Gasteiger partial charge is 0.0601 e. The van der Waals surface area contributed by atoms with Gasteiger partial charge < -0.3 is 10.1 Å². The van der Waals surface area contributed by atoms with Gasteiger partial charge in [0.1, 0.15) is 0 Å². The quantitative estimate of drug-likeness (QED) is 0.501. The zero-order valence-corrected chi connectivity index (χ0v) is 7.89. The van der Waals surface area contributed by atoms with Gasteiger partial charge in [-0.1, -0.05) is 0 Å². The average Bonchev–Trinajstić information content (AvgIpc) is 2.01. The molecule has 0 aromatic heterocycles. The third kappa shape index (κ3) is 2.84. The first-order valence-corrected chi connectivity index (χ1v) is 4.52. The predicted octanol–water partition coefficient (Wildman–Crippen LogP) is 1.17. The number of rotatable bonds is 4. The summed E-state index contributed by atoms with van der Waals surface area (Å²) in [5.74, 6) is 5.92. The molecule has 0 spiro atoms. The van der Waals surface area contributed by atoms with Crippen LogP contribution >= 0.6 is 0 Å². The minimum Gasteiger partial charge on any atom is -0.381 e. The molecule has 0 amide bonds. The summed E-state index contributed by atoms with van der Waals surface area (Å²) >= 11 is 0. The Morgan fingerprint density at radius 2 is 2.25 bits per heavy atom. The molecule has 1 aliphatic rings. The van der Waals surface area contributed by atoms with Crippen LogP contribution in [0.4, 0.5) is 0 Å². The van der Waals surface area contributed by atoms with E-state index in [0.717, 1.165) is 25.8 Å². The van der Waals surface area contributed by atoms with Crippen molar-refractivity contribution in [2.75, 3.05) is 13.7 Å². The highest BCUT2D eigenvalue weighted by Gasteiger charge is 2.27. The van der Waals surface area contributed by atoms with Gasteiger partial charge in [-0.15, -0.1) is 11.8 Å². The summed E-state index contributed by atoms with van der Waals surface area (Å²) in [5.41, 5.74) is 0. The van der Waals surface area contributed by atoms with Crippen molar-refractivity contribution in [3.63, 3.8) is 0 Å². The summed E-state index contributed by atoms with van der Waals surface area (Å²) in [6.07, 6.45) is 3.79. The molecule has 2 nitrogen and oxygen atoms in total. The second-order valence-corrected chi connectivity index (χ2v) is 3.16. The molecule has 1 fully saturated rings. The van der Waals surface area contributed by atoms with E-state index in [1.165, 1.54) is 0 Å². The summed E-state index contributed by atoms with van der Waals surface area (Å²) < 4.78 is 5.18. The van der Waals surface area contributed by atoms with E-state index >= 15 is 0 Å². The summed E-state index contributed by atoms with van der Waals surface area (Å²) in [6.45, 7) is 2.90. The van der Waals surface area contributed by atoms with Crippen molar-refractivity contribution in [2.24, 2.45) is 0 Å². The number of ether oxygens (including phenoxy) is 1. The minimum atomic E-state index is 0.500. The lowest BCUT2D eigenvalue weighted by Crippen LogP contribution is -2.45. The topological polar surface area (TPSA) is 21.3 Å². The fourth-order valence-corrected chi connectivity index (χ4v) is 1.39. The maximum Gasteiger partial charge on any atom is 0.0601 e. The summed E-state index contributed by atoms with van der Waals surface area (Å²) in [6, 6.07) is 0.675. The molecule has 12 heavy (non-hydrogen) atoms. The van der Waals surface area contributed by atoms with Crippen LogP contribution in [0.3, 0.4) is 0 Å². The average molecular weight is 167 g/mol.